The van der Waals surface area contributed by atoms with Crippen LogP contribution in [-0.2, 0) is 19.1 Å². The second-order valence-electron chi connectivity index (χ2n) is 2.26. The van der Waals surface area contributed by atoms with E-state index in [2.05, 4.69) is 16.1 Å². The molecule has 0 heterocycles. The Balaban J connectivity index is 4.33. The molecule has 0 spiro atoms. The second-order valence-corrected chi connectivity index (χ2v) is 2.26. The molecule has 0 aliphatic heterocycles. The van der Waals surface area contributed by atoms with E-state index in [9.17, 15) is 9.59 Å². The van der Waals surface area contributed by atoms with Crippen LogP contribution in [0.15, 0.2) is 12.7 Å². The lowest BCUT2D eigenvalue weighted by atomic mass is 10.1. The number of rotatable bonds is 6. The third kappa shape index (κ3) is 4.01. The summed E-state index contributed by atoms with van der Waals surface area (Å²) in [5.74, 6) is -3.01. The molecule has 14 heavy (non-hydrogen) atoms. The quantitative estimate of drug-likeness (QED) is 0.254. The summed E-state index contributed by atoms with van der Waals surface area (Å²) in [6.45, 7) is 1.73. The molecule has 0 rings (SSSR count). The van der Waals surface area contributed by atoms with E-state index >= 15 is 0 Å². The van der Waals surface area contributed by atoms with Gasteiger partial charge in [-0.2, -0.15) is 0 Å². The van der Waals surface area contributed by atoms with Crippen molar-refractivity contribution in [3.63, 3.8) is 0 Å². The molecule has 0 saturated carbocycles. The minimum absolute atomic E-state index is 0.0255. The minimum atomic E-state index is -1.19. The van der Waals surface area contributed by atoms with E-state index in [-0.39, 0.29) is 6.42 Å². The minimum Gasteiger partial charge on any atom is -0.438 e. The topological polar surface area (TPSA) is 93.1 Å². The Hall–Kier alpha value is -1.40. The summed E-state index contributed by atoms with van der Waals surface area (Å²) in [4.78, 5) is 22.1. The standard InChI is InChI=1S/C8H12O6/c1-2-3-6(7(11)13-4-9)8(12)14-5-10/h2,6,9-10H,1,3-5H2. The number of hydrogen-bond acceptors (Lipinski definition) is 6. The highest BCUT2D eigenvalue weighted by Gasteiger charge is 2.28. The van der Waals surface area contributed by atoms with Gasteiger partial charge >= 0.3 is 11.9 Å². The number of aliphatic hydroxyl groups excluding tert-OH is 2. The van der Waals surface area contributed by atoms with Gasteiger partial charge in [0, 0.05) is 0 Å². The summed E-state index contributed by atoms with van der Waals surface area (Å²) >= 11 is 0. The molecule has 0 bridgehead atoms. The average molecular weight is 204 g/mol. The highest BCUT2D eigenvalue weighted by atomic mass is 16.6. The van der Waals surface area contributed by atoms with Gasteiger partial charge in [-0.15, -0.1) is 6.58 Å². The van der Waals surface area contributed by atoms with Gasteiger partial charge in [0.05, 0.1) is 0 Å². The smallest absolute Gasteiger partial charge is 0.322 e. The molecule has 0 aliphatic carbocycles. The third-order valence-electron chi connectivity index (χ3n) is 1.39. The lowest BCUT2D eigenvalue weighted by Crippen LogP contribution is -2.28. The maximum Gasteiger partial charge on any atom is 0.322 e. The number of aliphatic hydroxyl groups is 2. The van der Waals surface area contributed by atoms with E-state index < -0.39 is 31.4 Å². The van der Waals surface area contributed by atoms with Crippen LogP contribution < -0.4 is 0 Å². The maximum atomic E-state index is 11.0. The van der Waals surface area contributed by atoms with Crippen LogP contribution in [0, 0.1) is 5.92 Å². The van der Waals surface area contributed by atoms with Gasteiger partial charge in [0.2, 0.25) is 0 Å². The van der Waals surface area contributed by atoms with Crippen LogP contribution in [0.5, 0.6) is 0 Å². The number of carbonyl (C=O) groups excluding carboxylic acids is 2. The fraction of sp³-hybridized carbons (Fsp3) is 0.500. The highest BCUT2D eigenvalue weighted by Crippen LogP contribution is 2.08. The van der Waals surface area contributed by atoms with Crippen molar-refractivity contribution >= 4 is 11.9 Å². The zero-order valence-corrected chi connectivity index (χ0v) is 7.51. The van der Waals surface area contributed by atoms with Crippen molar-refractivity contribution in [2.45, 2.75) is 6.42 Å². The van der Waals surface area contributed by atoms with Gasteiger partial charge in [0.15, 0.2) is 19.5 Å². The first-order chi connectivity index (χ1) is 6.67. The van der Waals surface area contributed by atoms with Gasteiger partial charge < -0.3 is 19.7 Å². The van der Waals surface area contributed by atoms with E-state index in [0.29, 0.717) is 0 Å². The zero-order chi connectivity index (χ0) is 11.0. The van der Waals surface area contributed by atoms with E-state index in [0.717, 1.165) is 0 Å². The number of allylic oxidation sites excluding steroid dienone is 1. The molecule has 0 aromatic rings. The van der Waals surface area contributed by atoms with Crippen molar-refractivity contribution < 1.29 is 29.3 Å². The van der Waals surface area contributed by atoms with Crippen LogP contribution in [0.25, 0.3) is 0 Å². The molecular formula is C8H12O6. The number of ether oxygens (including phenoxy) is 2. The maximum absolute atomic E-state index is 11.0. The van der Waals surface area contributed by atoms with Crippen LogP contribution in [0.3, 0.4) is 0 Å². The second kappa shape index (κ2) is 7.05. The van der Waals surface area contributed by atoms with Gasteiger partial charge in [-0.1, -0.05) is 6.08 Å². The molecule has 0 saturated heterocycles. The fourth-order valence-corrected chi connectivity index (χ4v) is 0.784. The van der Waals surface area contributed by atoms with Gasteiger partial charge in [-0.25, -0.2) is 0 Å². The van der Waals surface area contributed by atoms with Gasteiger partial charge in [0.1, 0.15) is 0 Å². The molecule has 6 nitrogen and oxygen atoms in total. The van der Waals surface area contributed by atoms with Crippen molar-refractivity contribution in [2.75, 3.05) is 13.6 Å². The SMILES string of the molecule is C=CCC(C(=O)OCO)C(=O)OCO. The normalized spacial score (nSPS) is 9.64. The predicted molar refractivity (Wildman–Crippen MR) is 44.7 cm³/mol. The first-order valence-electron chi connectivity index (χ1n) is 3.83. The van der Waals surface area contributed by atoms with Crippen molar-refractivity contribution in [2.24, 2.45) is 5.92 Å². The van der Waals surface area contributed by atoms with Crippen LogP contribution >= 0.6 is 0 Å². The van der Waals surface area contributed by atoms with E-state index in [1.807, 2.05) is 0 Å². The van der Waals surface area contributed by atoms with Crippen LogP contribution in [0.4, 0.5) is 0 Å². The molecule has 0 amide bonds. The Morgan fingerprint density at radius 2 is 1.64 bits per heavy atom. The van der Waals surface area contributed by atoms with Crippen LogP contribution in [-0.4, -0.2) is 35.7 Å². The van der Waals surface area contributed by atoms with E-state index in [4.69, 9.17) is 10.2 Å². The van der Waals surface area contributed by atoms with Gasteiger partial charge in [0.25, 0.3) is 0 Å². The Morgan fingerprint density at radius 1 is 1.21 bits per heavy atom. The van der Waals surface area contributed by atoms with Crippen LogP contribution in [0.2, 0.25) is 0 Å². The molecule has 2 N–H and O–H groups in total. The molecular weight excluding hydrogens is 192 g/mol. The molecule has 0 radical (unpaired) electrons. The third-order valence-corrected chi connectivity index (χ3v) is 1.39. The van der Waals surface area contributed by atoms with Crippen molar-refractivity contribution in [3.05, 3.63) is 12.7 Å². The Morgan fingerprint density at radius 3 is 1.93 bits per heavy atom. The fourth-order valence-electron chi connectivity index (χ4n) is 0.784. The summed E-state index contributed by atoms with van der Waals surface area (Å²) in [6, 6.07) is 0. The number of esters is 2. The molecule has 80 valence electrons. The summed E-state index contributed by atoms with van der Waals surface area (Å²) < 4.78 is 8.42. The van der Waals surface area contributed by atoms with Crippen molar-refractivity contribution in [1.29, 1.82) is 0 Å². The molecule has 0 atom stereocenters. The summed E-state index contributed by atoms with van der Waals surface area (Å²) in [5, 5.41) is 16.6. The first-order valence-corrected chi connectivity index (χ1v) is 3.83. The van der Waals surface area contributed by atoms with E-state index in [1.54, 1.807) is 0 Å². The Labute approximate surface area is 80.7 Å². The first kappa shape index (κ1) is 12.6. The lowest BCUT2D eigenvalue weighted by molar-refractivity contribution is -0.170. The zero-order valence-electron chi connectivity index (χ0n) is 7.51. The predicted octanol–water partition coefficient (Wildman–Crippen LogP) is -0.835. The van der Waals surface area contributed by atoms with Gasteiger partial charge in [-0.3, -0.25) is 9.59 Å². The monoisotopic (exact) mass is 204 g/mol. The molecule has 0 aromatic carbocycles. The lowest BCUT2D eigenvalue weighted by Gasteiger charge is -2.11. The summed E-state index contributed by atoms with van der Waals surface area (Å²) in [6.07, 6.45) is 1.36. The molecule has 6 heteroatoms. The summed E-state index contributed by atoms with van der Waals surface area (Å²) in [5.41, 5.74) is 0. The Kier molecular flexibility index (Phi) is 6.34. The average Bonchev–Trinajstić information content (AvgIpc) is 2.14. The van der Waals surface area contributed by atoms with Crippen molar-refractivity contribution in [1.82, 2.24) is 0 Å². The highest BCUT2D eigenvalue weighted by molar-refractivity contribution is 5.95. The molecule has 0 unspecified atom stereocenters. The summed E-state index contributed by atoms with van der Waals surface area (Å²) in [7, 11) is 0. The molecule has 0 fully saturated rings. The Bertz CT molecular complexity index is 194. The van der Waals surface area contributed by atoms with Crippen molar-refractivity contribution in [3.8, 4) is 0 Å². The largest absolute Gasteiger partial charge is 0.438 e. The van der Waals surface area contributed by atoms with E-state index in [1.165, 1.54) is 6.08 Å². The van der Waals surface area contributed by atoms with Gasteiger partial charge in [-0.05, 0) is 6.42 Å². The number of carbonyl (C=O) groups is 2. The molecule has 0 aromatic heterocycles. The van der Waals surface area contributed by atoms with Crippen LogP contribution in [0.1, 0.15) is 6.42 Å². The number of hydrogen-bond donors (Lipinski definition) is 2. The molecule has 0 aliphatic rings.